The van der Waals surface area contributed by atoms with Gasteiger partial charge in [0.2, 0.25) is 0 Å². The Labute approximate surface area is 184 Å². The first-order valence-electron chi connectivity index (χ1n) is 9.78. The number of aliphatic imine (C=N–C) groups is 1. The predicted octanol–water partition coefficient (Wildman–Crippen LogP) is 3.44. The van der Waals surface area contributed by atoms with Gasteiger partial charge in [0.05, 0.1) is 0 Å². The number of benzene rings is 1. The summed E-state index contributed by atoms with van der Waals surface area (Å²) in [5.41, 5.74) is 2.19. The average Bonchev–Trinajstić information content (AvgIpc) is 3.17. The van der Waals surface area contributed by atoms with E-state index in [0.717, 1.165) is 69.5 Å². The Hall–Kier alpha value is -1.68. The lowest BCUT2D eigenvalue weighted by Gasteiger charge is -2.11. The molecule has 0 aliphatic rings. The van der Waals surface area contributed by atoms with Crippen molar-refractivity contribution in [1.82, 2.24) is 20.8 Å². The molecule has 28 heavy (non-hydrogen) atoms. The van der Waals surface area contributed by atoms with E-state index in [1.807, 2.05) is 26.0 Å². The summed E-state index contributed by atoms with van der Waals surface area (Å²) in [7, 11) is 0. The number of nitrogens with one attached hydrogen (secondary N) is 2. The third-order valence-electron chi connectivity index (χ3n) is 3.96. The zero-order valence-electron chi connectivity index (χ0n) is 17.0. The molecule has 0 saturated heterocycles. The summed E-state index contributed by atoms with van der Waals surface area (Å²) in [6, 6.07) is 8.24. The summed E-state index contributed by atoms with van der Waals surface area (Å²) in [5.74, 6) is 2.16. The molecule has 0 bridgehead atoms. The van der Waals surface area contributed by atoms with Crippen LogP contribution in [0.1, 0.15) is 38.6 Å². The van der Waals surface area contributed by atoms with Crippen molar-refractivity contribution in [2.24, 2.45) is 4.99 Å². The van der Waals surface area contributed by atoms with Crippen molar-refractivity contribution < 1.29 is 9.26 Å². The number of guanidine groups is 1. The van der Waals surface area contributed by atoms with E-state index in [2.05, 4.69) is 44.8 Å². The van der Waals surface area contributed by atoms with Crippen LogP contribution in [0.15, 0.2) is 33.8 Å². The molecule has 0 atom stereocenters. The van der Waals surface area contributed by atoms with E-state index in [4.69, 9.17) is 9.26 Å². The highest BCUT2D eigenvalue weighted by atomic mass is 127. The highest BCUT2D eigenvalue weighted by Crippen LogP contribution is 2.18. The van der Waals surface area contributed by atoms with Gasteiger partial charge in [0.25, 0.3) is 5.89 Å². The van der Waals surface area contributed by atoms with Crippen LogP contribution in [0.4, 0.5) is 0 Å². The van der Waals surface area contributed by atoms with E-state index < -0.39 is 0 Å². The summed E-state index contributed by atoms with van der Waals surface area (Å²) in [5, 5.41) is 10.6. The van der Waals surface area contributed by atoms with Crippen LogP contribution >= 0.6 is 24.0 Å². The van der Waals surface area contributed by atoms with Gasteiger partial charge in [0, 0.05) is 44.8 Å². The fourth-order valence-corrected chi connectivity index (χ4v) is 2.50. The van der Waals surface area contributed by atoms with Crippen molar-refractivity contribution in [1.29, 1.82) is 0 Å². The molecule has 2 N–H and O–H groups in total. The summed E-state index contributed by atoms with van der Waals surface area (Å²) < 4.78 is 10.6. The van der Waals surface area contributed by atoms with E-state index in [-0.39, 0.29) is 24.0 Å². The number of halogens is 1. The summed E-state index contributed by atoms with van der Waals surface area (Å²) >= 11 is 0. The van der Waals surface area contributed by atoms with E-state index in [1.54, 1.807) is 0 Å². The minimum Gasteiger partial charge on any atom is -0.382 e. The largest absolute Gasteiger partial charge is 0.382 e. The third kappa shape index (κ3) is 8.55. The maximum Gasteiger partial charge on any atom is 0.257 e. The standard InChI is InChI=1S/C20H31N5O2.HI/c1-4-18-24-19(27-25-18)17-10-8-16(9-11-17)12-14-23-20(21-5-2)22-13-7-15-26-6-3;/h8-11H,4-7,12-15H2,1-3H3,(H2,21,22,23);1H. The lowest BCUT2D eigenvalue weighted by molar-refractivity contribution is 0.146. The first-order valence-corrected chi connectivity index (χ1v) is 9.78. The Morgan fingerprint density at radius 1 is 1.14 bits per heavy atom. The molecule has 2 rings (SSSR count). The van der Waals surface area contributed by atoms with Gasteiger partial charge in [-0.3, -0.25) is 4.99 Å². The van der Waals surface area contributed by atoms with Crippen molar-refractivity contribution in [2.75, 3.05) is 32.8 Å². The maximum atomic E-state index is 5.34. The van der Waals surface area contributed by atoms with Crippen LogP contribution in [-0.2, 0) is 17.6 Å². The Balaban J connectivity index is 0.00000392. The first kappa shape index (κ1) is 24.4. The number of hydrogen-bond acceptors (Lipinski definition) is 5. The van der Waals surface area contributed by atoms with Crippen molar-refractivity contribution in [3.05, 3.63) is 35.7 Å². The van der Waals surface area contributed by atoms with Gasteiger partial charge in [-0.1, -0.05) is 24.2 Å². The molecular formula is C20H32IN5O2. The molecule has 1 heterocycles. The molecule has 0 aliphatic heterocycles. The number of aryl methyl sites for hydroxylation is 1. The maximum absolute atomic E-state index is 5.34. The SMILES string of the molecule is CCNC(=NCCCOCC)NCCc1ccc(-c2nc(CC)no2)cc1.I. The van der Waals surface area contributed by atoms with Crippen molar-refractivity contribution >= 4 is 29.9 Å². The van der Waals surface area contributed by atoms with Crippen LogP contribution < -0.4 is 10.6 Å². The molecule has 1 aromatic carbocycles. The fraction of sp³-hybridized carbons (Fsp3) is 0.550. The summed E-state index contributed by atoms with van der Waals surface area (Å²) in [4.78, 5) is 8.93. The molecule has 0 fully saturated rings. The van der Waals surface area contributed by atoms with Crippen molar-refractivity contribution in [2.45, 2.75) is 40.0 Å². The molecule has 0 saturated carbocycles. The van der Waals surface area contributed by atoms with Crippen LogP contribution in [0, 0.1) is 0 Å². The monoisotopic (exact) mass is 501 g/mol. The Morgan fingerprint density at radius 2 is 1.93 bits per heavy atom. The molecule has 7 nitrogen and oxygen atoms in total. The Bertz CT molecular complexity index is 688. The predicted molar refractivity (Wildman–Crippen MR) is 123 cm³/mol. The topological polar surface area (TPSA) is 84.6 Å². The summed E-state index contributed by atoms with van der Waals surface area (Å²) in [6.45, 7) is 10.0. The van der Waals surface area contributed by atoms with Crippen LogP contribution in [0.2, 0.25) is 0 Å². The molecule has 0 spiro atoms. The smallest absolute Gasteiger partial charge is 0.257 e. The third-order valence-corrected chi connectivity index (χ3v) is 3.96. The molecule has 156 valence electrons. The zero-order valence-corrected chi connectivity index (χ0v) is 19.4. The molecule has 0 aliphatic carbocycles. The van der Waals surface area contributed by atoms with Crippen LogP contribution in [0.3, 0.4) is 0 Å². The molecule has 0 unspecified atom stereocenters. The van der Waals surface area contributed by atoms with Crippen LogP contribution in [0.25, 0.3) is 11.5 Å². The second-order valence-corrected chi connectivity index (χ2v) is 6.05. The van der Waals surface area contributed by atoms with Crippen molar-refractivity contribution in [3.8, 4) is 11.5 Å². The molecular weight excluding hydrogens is 469 g/mol. The molecule has 0 radical (unpaired) electrons. The highest BCUT2D eigenvalue weighted by molar-refractivity contribution is 14.0. The minimum atomic E-state index is 0. The number of hydrogen-bond donors (Lipinski definition) is 2. The zero-order chi connectivity index (χ0) is 19.3. The second kappa shape index (κ2) is 14.3. The Kier molecular flexibility index (Phi) is 12.5. The molecule has 8 heteroatoms. The average molecular weight is 501 g/mol. The van der Waals surface area contributed by atoms with Crippen LogP contribution in [0.5, 0.6) is 0 Å². The van der Waals surface area contributed by atoms with Gasteiger partial charge < -0.3 is 19.9 Å². The fourth-order valence-electron chi connectivity index (χ4n) is 2.50. The first-order chi connectivity index (χ1) is 13.3. The van der Waals surface area contributed by atoms with E-state index in [1.165, 1.54) is 5.56 Å². The number of rotatable bonds is 11. The van der Waals surface area contributed by atoms with Gasteiger partial charge in [0.15, 0.2) is 11.8 Å². The lowest BCUT2D eigenvalue weighted by Crippen LogP contribution is -2.38. The van der Waals surface area contributed by atoms with Gasteiger partial charge in [-0.25, -0.2) is 0 Å². The second-order valence-electron chi connectivity index (χ2n) is 6.05. The lowest BCUT2D eigenvalue weighted by atomic mass is 10.1. The number of aromatic nitrogens is 2. The molecule has 1 aromatic heterocycles. The quantitative estimate of drug-likeness (QED) is 0.213. The minimum absolute atomic E-state index is 0. The number of ether oxygens (including phenoxy) is 1. The van der Waals surface area contributed by atoms with Gasteiger partial charge in [0.1, 0.15) is 0 Å². The van der Waals surface area contributed by atoms with Gasteiger partial charge >= 0.3 is 0 Å². The van der Waals surface area contributed by atoms with E-state index in [0.29, 0.717) is 5.89 Å². The van der Waals surface area contributed by atoms with Crippen molar-refractivity contribution in [3.63, 3.8) is 0 Å². The number of nitrogens with zero attached hydrogens (tertiary/aromatic N) is 3. The van der Waals surface area contributed by atoms with Gasteiger partial charge in [-0.15, -0.1) is 24.0 Å². The molecule has 0 amide bonds. The normalized spacial score (nSPS) is 11.2. The molecule has 2 aromatic rings. The highest BCUT2D eigenvalue weighted by Gasteiger charge is 2.07. The van der Waals surface area contributed by atoms with E-state index >= 15 is 0 Å². The summed E-state index contributed by atoms with van der Waals surface area (Å²) in [6.07, 6.45) is 2.61. The van der Waals surface area contributed by atoms with E-state index in [9.17, 15) is 0 Å². The Morgan fingerprint density at radius 3 is 2.57 bits per heavy atom. The van der Waals surface area contributed by atoms with Crippen LogP contribution in [-0.4, -0.2) is 48.9 Å². The van der Waals surface area contributed by atoms with Gasteiger partial charge in [-0.2, -0.15) is 4.98 Å². The van der Waals surface area contributed by atoms with Gasteiger partial charge in [-0.05, 0) is 44.4 Å².